The quantitative estimate of drug-likeness (QED) is 0.869. The largest absolute Gasteiger partial charge is 0.362 e. The molecule has 0 aliphatic heterocycles. The minimum Gasteiger partial charge on any atom is -0.362 e. The van der Waals surface area contributed by atoms with Gasteiger partial charge in [0.25, 0.3) is 0 Å². The Morgan fingerprint density at radius 3 is 3.00 bits per heavy atom. The summed E-state index contributed by atoms with van der Waals surface area (Å²) in [5.74, 6) is 1.08. The molecule has 0 bridgehead atoms. The van der Waals surface area contributed by atoms with Crippen molar-refractivity contribution >= 4 is 11.7 Å². The number of aromatic nitrogens is 1. The van der Waals surface area contributed by atoms with E-state index in [4.69, 9.17) is 5.73 Å². The number of nitrogens with zero attached hydrogens (tertiary/aromatic N) is 2. The second-order valence-corrected chi connectivity index (χ2v) is 5.72. The minimum atomic E-state index is 0.0678. The zero-order valence-corrected chi connectivity index (χ0v) is 12.3. The maximum absolute atomic E-state index is 12.2. The molecule has 5 nitrogen and oxygen atoms in total. The van der Waals surface area contributed by atoms with Gasteiger partial charge in [-0.15, -0.1) is 0 Å². The summed E-state index contributed by atoms with van der Waals surface area (Å²) in [4.78, 5) is 18.5. The van der Waals surface area contributed by atoms with Gasteiger partial charge in [0.1, 0.15) is 5.82 Å². The van der Waals surface area contributed by atoms with Gasteiger partial charge in [0.2, 0.25) is 5.91 Å². The molecule has 2 rings (SSSR count). The number of pyridine rings is 1. The van der Waals surface area contributed by atoms with E-state index in [9.17, 15) is 4.79 Å². The van der Waals surface area contributed by atoms with Gasteiger partial charge in [0, 0.05) is 44.4 Å². The average molecular weight is 276 g/mol. The van der Waals surface area contributed by atoms with Crippen molar-refractivity contribution < 1.29 is 4.79 Å². The third kappa shape index (κ3) is 3.70. The highest BCUT2D eigenvalue weighted by atomic mass is 16.1. The number of carbonyl (C=O) groups is 1. The standard InChI is InChI=1S/C15H24N4O/c1-19(2)14-12(6-4-8-17-14)10-18-15(20)11-5-3-7-13(16)9-11/h4,6,8,11,13H,3,5,7,9-10,16H2,1-2H3,(H,18,20). The summed E-state index contributed by atoms with van der Waals surface area (Å²) in [5.41, 5.74) is 6.97. The van der Waals surface area contributed by atoms with E-state index in [0.29, 0.717) is 6.54 Å². The molecule has 3 N–H and O–H groups in total. The van der Waals surface area contributed by atoms with Crippen LogP contribution < -0.4 is 16.0 Å². The van der Waals surface area contributed by atoms with E-state index in [0.717, 1.165) is 37.1 Å². The molecule has 1 aliphatic carbocycles. The molecule has 110 valence electrons. The van der Waals surface area contributed by atoms with Crippen LogP contribution in [0.1, 0.15) is 31.2 Å². The summed E-state index contributed by atoms with van der Waals surface area (Å²) in [6, 6.07) is 4.07. The van der Waals surface area contributed by atoms with Gasteiger partial charge in [-0.25, -0.2) is 4.98 Å². The summed E-state index contributed by atoms with van der Waals surface area (Å²) in [6.07, 6.45) is 5.61. The van der Waals surface area contributed by atoms with Crippen LogP contribution in [-0.4, -0.2) is 31.0 Å². The molecular weight excluding hydrogens is 252 g/mol. The zero-order valence-electron chi connectivity index (χ0n) is 12.3. The fourth-order valence-corrected chi connectivity index (χ4v) is 2.76. The average Bonchev–Trinajstić information content (AvgIpc) is 2.45. The van der Waals surface area contributed by atoms with E-state index in [1.54, 1.807) is 6.20 Å². The lowest BCUT2D eigenvalue weighted by Gasteiger charge is -2.26. The first kappa shape index (κ1) is 14.8. The van der Waals surface area contributed by atoms with E-state index in [1.807, 2.05) is 31.1 Å². The summed E-state index contributed by atoms with van der Waals surface area (Å²) in [5, 5.41) is 3.02. The van der Waals surface area contributed by atoms with E-state index >= 15 is 0 Å². The monoisotopic (exact) mass is 276 g/mol. The molecule has 1 heterocycles. The van der Waals surface area contributed by atoms with Crippen LogP contribution in [0.3, 0.4) is 0 Å². The van der Waals surface area contributed by atoms with Crippen molar-refractivity contribution in [2.75, 3.05) is 19.0 Å². The van der Waals surface area contributed by atoms with Gasteiger partial charge < -0.3 is 16.0 Å². The number of anilines is 1. The van der Waals surface area contributed by atoms with Crippen LogP contribution in [0.4, 0.5) is 5.82 Å². The smallest absolute Gasteiger partial charge is 0.223 e. The normalized spacial score (nSPS) is 22.4. The fourth-order valence-electron chi connectivity index (χ4n) is 2.76. The van der Waals surface area contributed by atoms with Crippen LogP contribution in [-0.2, 0) is 11.3 Å². The first-order valence-electron chi connectivity index (χ1n) is 7.22. The third-order valence-electron chi connectivity index (χ3n) is 3.83. The number of rotatable bonds is 4. The molecule has 1 fully saturated rings. The fraction of sp³-hybridized carbons (Fsp3) is 0.600. The molecule has 0 radical (unpaired) electrons. The molecule has 5 heteroatoms. The van der Waals surface area contributed by atoms with Crippen LogP contribution in [0.5, 0.6) is 0 Å². The minimum absolute atomic E-state index is 0.0678. The van der Waals surface area contributed by atoms with Gasteiger partial charge in [0.05, 0.1) is 0 Å². The number of nitrogens with two attached hydrogens (primary N) is 1. The third-order valence-corrected chi connectivity index (χ3v) is 3.83. The molecule has 2 atom stereocenters. The van der Waals surface area contributed by atoms with E-state index in [-0.39, 0.29) is 17.9 Å². The number of nitrogens with one attached hydrogen (secondary N) is 1. The molecule has 0 saturated heterocycles. The van der Waals surface area contributed by atoms with Crippen LogP contribution in [0.2, 0.25) is 0 Å². The predicted molar refractivity (Wildman–Crippen MR) is 80.3 cm³/mol. The number of carbonyl (C=O) groups excluding carboxylic acids is 1. The van der Waals surface area contributed by atoms with Crippen molar-refractivity contribution in [2.24, 2.45) is 11.7 Å². The van der Waals surface area contributed by atoms with Gasteiger partial charge in [-0.2, -0.15) is 0 Å². The van der Waals surface area contributed by atoms with Gasteiger partial charge >= 0.3 is 0 Å². The Morgan fingerprint density at radius 2 is 2.30 bits per heavy atom. The second kappa shape index (κ2) is 6.70. The lowest BCUT2D eigenvalue weighted by atomic mass is 9.85. The van der Waals surface area contributed by atoms with Crippen molar-refractivity contribution in [3.05, 3.63) is 23.9 Å². The molecule has 1 aliphatic rings. The molecule has 2 unspecified atom stereocenters. The first-order valence-corrected chi connectivity index (χ1v) is 7.22. The highest BCUT2D eigenvalue weighted by Crippen LogP contribution is 2.23. The second-order valence-electron chi connectivity index (χ2n) is 5.72. The molecule has 0 spiro atoms. The van der Waals surface area contributed by atoms with Gasteiger partial charge in [-0.05, 0) is 25.3 Å². The van der Waals surface area contributed by atoms with Crippen LogP contribution in [0.15, 0.2) is 18.3 Å². The van der Waals surface area contributed by atoms with Crippen molar-refractivity contribution in [3.8, 4) is 0 Å². The summed E-state index contributed by atoms with van der Waals surface area (Å²) in [7, 11) is 3.90. The van der Waals surface area contributed by atoms with Crippen molar-refractivity contribution in [2.45, 2.75) is 38.3 Å². The first-order chi connectivity index (χ1) is 9.58. The molecule has 1 saturated carbocycles. The molecular formula is C15H24N4O. The number of hydrogen-bond donors (Lipinski definition) is 2. The SMILES string of the molecule is CN(C)c1ncccc1CNC(=O)C1CCCC(N)C1. The Bertz CT molecular complexity index is 461. The zero-order chi connectivity index (χ0) is 14.5. The maximum atomic E-state index is 12.2. The lowest BCUT2D eigenvalue weighted by molar-refractivity contribution is -0.126. The topological polar surface area (TPSA) is 71.2 Å². The summed E-state index contributed by atoms with van der Waals surface area (Å²) in [6.45, 7) is 0.520. The van der Waals surface area contributed by atoms with E-state index < -0.39 is 0 Å². The molecule has 1 aromatic heterocycles. The molecule has 0 aromatic carbocycles. The molecule has 1 amide bonds. The lowest BCUT2D eigenvalue weighted by Crippen LogP contribution is -2.37. The molecule has 1 aromatic rings. The van der Waals surface area contributed by atoms with Crippen LogP contribution >= 0.6 is 0 Å². The van der Waals surface area contributed by atoms with Crippen LogP contribution in [0, 0.1) is 5.92 Å². The van der Waals surface area contributed by atoms with Crippen LogP contribution in [0.25, 0.3) is 0 Å². The summed E-state index contributed by atoms with van der Waals surface area (Å²) >= 11 is 0. The van der Waals surface area contributed by atoms with Crippen molar-refractivity contribution in [1.82, 2.24) is 10.3 Å². The highest BCUT2D eigenvalue weighted by molar-refractivity contribution is 5.78. The molecule has 20 heavy (non-hydrogen) atoms. The van der Waals surface area contributed by atoms with Gasteiger partial charge in [-0.3, -0.25) is 4.79 Å². The Kier molecular flexibility index (Phi) is 4.95. The Labute approximate surface area is 120 Å². The predicted octanol–water partition coefficient (Wildman–Crippen LogP) is 1.28. The Morgan fingerprint density at radius 1 is 1.50 bits per heavy atom. The van der Waals surface area contributed by atoms with Gasteiger partial charge in [-0.1, -0.05) is 12.5 Å². The Hall–Kier alpha value is -1.62. The number of hydrogen-bond acceptors (Lipinski definition) is 4. The Balaban J connectivity index is 1.93. The van der Waals surface area contributed by atoms with Crippen molar-refractivity contribution in [1.29, 1.82) is 0 Å². The highest BCUT2D eigenvalue weighted by Gasteiger charge is 2.25. The van der Waals surface area contributed by atoms with E-state index in [1.165, 1.54) is 0 Å². The number of amides is 1. The van der Waals surface area contributed by atoms with Crippen molar-refractivity contribution in [3.63, 3.8) is 0 Å². The maximum Gasteiger partial charge on any atom is 0.223 e. The van der Waals surface area contributed by atoms with Gasteiger partial charge in [0.15, 0.2) is 0 Å². The summed E-state index contributed by atoms with van der Waals surface area (Å²) < 4.78 is 0. The van der Waals surface area contributed by atoms with E-state index in [2.05, 4.69) is 10.3 Å².